The summed E-state index contributed by atoms with van der Waals surface area (Å²) in [6.45, 7) is 2.08. The zero-order valence-electron chi connectivity index (χ0n) is 12.2. The molecule has 1 aromatic rings. The molecule has 0 aromatic heterocycles. The molecule has 1 unspecified atom stereocenters. The van der Waals surface area contributed by atoms with Gasteiger partial charge in [0.25, 0.3) is 0 Å². The SMILES string of the molecule is Cl.O=C(CCC1CCCN1)Nc1cc2c(cc1Cl)OCCO2. The fourth-order valence-electron chi connectivity index (χ4n) is 2.68. The highest BCUT2D eigenvalue weighted by molar-refractivity contribution is 6.34. The van der Waals surface area contributed by atoms with Crippen molar-refractivity contribution in [1.82, 2.24) is 5.32 Å². The summed E-state index contributed by atoms with van der Waals surface area (Å²) in [6.07, 6.45) is 3.69. The molecule has 1 saturated heterocycles. The third-order valence-corrected chi connectivity index (χ3v) is 4.10. The zero-order valence-corrected chi connectivity index (χ0v) is 13.8. The second-order valence-corrected chi connectivity index (χ2v) is 5.76. The predicted octanol–water partition coefficient (Wildman–Crippen LogP) is 3.00. The molecule has 2 aliphatic heterocycles. The van der Waals surface area contributed by atoms with E-state index in [-0.39, 0.29) is 18.3 Å². The quantitative estimate of drug-likeness (QED) is 0.879. The molecule has 1 atom stereocenters. The third-order valence-electron chi connectivity index (χ3n) is 3.79. The average Bonchev–Trinajstić information content (AvgIpc) is 2.99. The van der Waals surface area contributed by atoms with Crippen molar-refractivity contribution in [2.75, 3.05) is 25.1 Å². The van der Waals surface area contributed by atoms with Crippen LogP contribution < -0.4 is 20.1 Å². The average molecular weight is 347 g/mol. The van der Waals surface area contributed by atoms with E-state index in [1.165, 1.54) is 6.42 Å². The molecule has 0 saturated carbocycles. The van der Waals surface area contributed by atoms with E-state index in [1.807, 2.05) is 0 Å². The van der Waals surface area contributed by atoms with E-state index in [9.17, 15) is 4.79 Å². The van der Waals surface area contributed by atoms with Crippen molar-refractivity contribution in [1.29, 1.82) is 0 Å². The summed E-state index contributed by atoms with van der Waals surface area (Å²) >= 11 is 6.17. The van der Waals surface area contributed by atoms with Crippen LogP contribution in [0.3, 0.4) is 0 Å². The van der Waals surface area contributed by atoms with E-state index >= 15 is 0 Å². The molecule has 1 fully saturated rings. The van der Waals surface area contributed by atoms with E-state index in [2.05, 4.69) is 10.6 Å². The number of carbonyl (C=O) groups excluding carboxylic acids is 1. The van der Waals surface area contributed by atoms with Crippen molar-refractivity contribution in [2.45, 2.75) is 31.7 Å². The second kappa shape index (κ2) is 7.90. The molecule has 0 bridgehead atoms. The Labute approximate surface area is 141 Å². The minimum absolute atomic E-state index is 0. The molecule has 0 aliphatic carbocycles. The van der Waals surface area contributed by atoms with Gasteiger partial charge in [0, 0.05) is 24.6 Å². The number of rotatable bonds is 4. The van der Waals surface area contributed by atoms with Crippen LogP contribution in [0.25, 0.3) is 0 Å². The number of hydrogen-bond donors (Lipinski definition) is 2. The number of hydrogen-bond acceptors (Lipinski definition) is 4. The Morgan fingerprint density at radius 2 is 2.05 bits per heavy atom. The van der Waals surface area contributed by atoms with Gasteiger partial charge in [0.2, 0.25) is 5.91 Å². The largest absolute Gasteiger partial charge is 0.486 e. The van der Waals surface area contributed by atoms with Crippen LogP contribution in [0.15, 0.2) is 12.1 Å². The lowest BCUT2D eigenvalue weighted by molar-refractivity contribution is -0.116. The van der Waals surface area contributed by atoms with Crippen molar-refractivity contribution in [3.05, 3.63) is 17.2 Å². The number of anilines is 1. The highest BCUT2D eigenvalue weighted by Crippen LogP contribution is 2.38. The van der Waals surface area contributed by atoms with Crippen LogP contribution >= 0.6 is 24.0 Å². The number of nitrogens with one attached hydrogen (secondary N) is 2. The summed E-state index contributed by atoms with van der Waals surface area (Å²) in [4.78, 5) is 12.0. The van der Waals surface area contributed by atoms with Crippen molar-refractivity contribution in [3.8, 4) is 11.5 Å². The molecule has 7 heteroatoms. The van der Waals surface area contributed by atoms with Crippen molar-refractivity contribution in [3.63, 3.8) is 0 Å². The summed E-state index contributed by atoms with van der Waals surface area (Å²) in [7, 11) is 0. The molecule has 2 N–H and O–H groups in total. The normalized spacial score (nSPS) is 19.4. The topological polar surface area (TPSA) is 59.6 Å². The second-order valence-electron chi connectivity index (χ2n) is 5.36. The van der Waals surface area contributed by atoms with Crippen molar-refractivity contribution in [2.24, 2.45) is 0 Å². The minimum Gasteiger partial charge on any atom is -0.486 e. The van der Waals surface area contributed by atoms with Gasteiger partial charge in [0.1, 0.15) is 13.2 Å². The van der Waals surface area contributed by atoms with Gasteiger partial charge in [-0.05, 0) is 25.8 Å². The van der Waals surface area contributed by atoms with E-state index in [0.717, 1.165) is 19.4 Å². The van der Waals surface area contributed by atoms with Crippen LogP contribution in [0, 0.1) is 0 Å². The maximum Gasteiger partial charge on any atom is 0.224 e. The van der Waals surface area contributed by atoms with E-state index in [4.69, 9.17) is 21.1 Å². The zero-order chi connectivity index (χ0) is 14.7. The van der Waals surface area contributed by atoms with Gasteiger partial charge in [-0.25, -0.2) is 0 Å². The lowest BCUT2D eigenvalue weighted by Crippen LogP contribution is -2.23. The van der Waals surface area contributed by atoms with Crippen LogP contribution in [0.5, 0.6) is 11.5 Å². The number of amides is 1. The number of fused-ring (bicyclic) bond motifs is 1. The third kappa shape index (κ3) is 4.18. The summed E-state index contributed by atoms with van der Waals surface area (Å²) in [5.74, 6) is 1.22. The molecule has 5 nitrogen and oxygen atoms in total. The first-order valence-corrected chi connectivity index (χ1v) is 7.72. The Hall–Kier alpha value is -1.17. The van der Waals surface area contributed by atoms with Crippen LogP contribution in [-0.2, 0) is 4.79 Å². The lowest BCUT2D eigenvalue weighted by atomic mass is 10.1. The minimum atomic E-state index is -0.0257. The first-order valence-electron chi connectivity index (χ1n) is 7.35. The molecule has 0 spiro atoms. The Balaban J connectivity index is 0.00000176. The highest BCUT2D eigenvalue weighted by Gasteiger charge is 2.18. The molecular weight excluding hydrogens is 327 g/mol. The van der Waals surface area contributed by atoms with Gasteiger partial charge in [-0.2, -0.15) is 0 Å². The number of benzene rings is 1. The maximum absolute atomic E-state index is 12.0. The number of carbonyl (C=O) groups is 1. The van der Waals surface area contributed by atoms with Gasteiger partial charge in [-0.3, -0.25) is 4.79 Å². The van der Waals surface area contributed by atoms with Gasteiger partial charge in [-0.15, -0.1) is 12.4 Å². The standard InChI is InChI=1S/C15H19ClN2O3.ClH/c16-11-8-13-14(21-7-6-20-13)9-12(11)18-15(19)4-3-10-2-1-5-17-10;/h8-10,17H,1-7H2,(H,18,19);1H. The molecular formula is C15H20Cl2N2O3. The smallest absolute Gasteiger partial charge is 0.224 e. The summed E-state index contributed by atoms with van der Waals surface area (Å²) in [6, 6.07) is 3.87. The van der Waals surface area contributed by atoms with Crippen LogP contribution in [-0.4, -0.2) is 31.7 Å². The summed E-state index contributed by atoms with van der Waals surface area (Å²) in [5, 5.41) is 6.70. The Kier molecular flexibility index (Phi) is 6.17. The first kappa shape index (κ1) is 17.2. The monoisotopic (exact) mass is 346 g/mol. The van der Waals surface area contributed by atoms with Gasteiger partial charge in [-0.1, -0.05) is 11.6 Å². The Morgan fingerprint density at radius 3 is 2.73 bits per heavy atom. The van der Waals surface area contributed by atoms with Crippen LogP contribution in [0.4, 0.5) is 5.69 Å². The summed E-state index contributed by atoms with van der Waals surface area (Å²) < 4.78 is 10.9. The lowest BCUT2D eigenvalue weighted by Gasteiger charge is -2.20. The molecule has 0 radical (unpaired) electrons. The fraction of sp³-hybridized carbons (Fsp3) is 0.533. The number of ether oxygens (including phenoxy) is 2. The molecule has 2 heterocycles. The first-order chi connectivity index (χ1) is 10.2. The Bertz CT molecular complexity index is 534. The molecule has 1 aromatic carbocycles. The van der Waals surface area contributed by atoms with Crippen molar-refractivity contribution >= 4 is 35.6 Å². The molecule has 1 amide bonds. The van der Waals surface area contributed by atoms with Crippen molar-refractivity contribution < 1.29 is 14.3 Å². The Morgan fingerprint density at radius 1 is 1.32 bits per heavy atom. The molecule has 3 rings (SSSR count). The van der Waals surface area contributed by atoms with Crippen LogP contribution in [0.2, 0.25) is 5.02 Å². The molecule has 122 valence electrons. The number of halogens is 2. The van der Waals surface area contributed by atoms with E-state index in [1.54, 1.807) is 12.1 Å². The maximum atomic E-state index is 12.0. The summed E-state index contributed by atoms with van der Waals surface area (Å²) in [5.41, 5.74) is 0.574. The van der Waals surface area contributed by atoms with Crippen LogP contribution in [0.1, 0.15) is 25.7 Å². The van der Waals surface area contributed by atoms with Gasteiger partial charge in [0.05, 0.1) is 10.7 Å². The van der Waals surface area contributed by atoms with Gasteiger partial charge >= 0.3 is 0 Å². The highest BCUT2D eigenvalue weighted by atomic mass is 35.5. The van der Waals surface area contributed by atoms with Gasteiger partial charge in [0.15, 0.2) is 11.5 Å². The molecule has 22 heavy (non-hydrogen) atoms. The molecule has 2 aliphatic rings. The fourth-order valence-corrected chi connectivity index (χ4v) is 2.88. The van der Waals surface area contributed by atoms with E-state index in [0.29, 0.717) is 47.9 Å². The van der Waals surface area contributed by atoms with E-state index < -0.39 is 0 Å². The predicted molar refractivity (Wildman–Crippen MR) is 88.6 cm³/mol. The van der Waals surface area contributed by atoms with Gasteiger partial charge < -0.3 is 20.1 Å².